The van der Waals surface area contributed by atoms with Crippen molar-refractivity contribution in [1.29, 1.82) is 5.26 Å². The maximum atomic E-state index is 12.2. The standard InChI is InChI=1S/C12H8F3NO4/c1-2-19-11(18)8-3-7(5-16)4-10(9(8)6-17)20-12(13,14)15/h3-4,6H,2H2,1H3. The molecule has 1 rings (SSSR count). The zero-order valence-electron chi connectivity index (χ0n) is 10.2. The normalized spacial score (nSPS) is 10.6. The maximum absolute atomic E-state index is 12.2. The Balaban J connectivity index is 3.43. The van der Waals surface area contributed by atoms with Crippen molar-refractivity contribution in [1.82, 2.24) is 0 Å². The van der Waals surface area contributed by atoms with Gasteiger partial charge in [0.05, 0.1) is 29.4 Å². The van der Waals surface area contributed by atoms with Crippen molar-refractivity contribution < 1.29 is 32.2 Å². The highest BCUT2D eigenvalue weighted by molar-refractivity contribution is 6.00. The quantitative estimate of drug-likeness (QED) is 0.628. The molecule has 0 amide bonds. The van der Waals surface area contributed by atoms with Crippen LogP contribution in [0.3, 0.4) is 0 Å². The maximum Gasteiger partial charge on any atom is 0.573 e. The number of nitrogens with zero attached hydrogens (tertiary/aromatic N) is 1. The molecule has 0 atom stereocenters. The molecule has 20 heavy (non-hydrogen) atoms. The second-order valence-electron chi connectivity index (χ2n) is 3.43. The number of carbonyl (C=O) groups excluding carboxylic acids is 2. The van der Waals surface area contributed by atoms with Crippen molar-refractivity contribution >= 4 is 12.3 Å². The lowest BCUT2D eigenvalue weighted by Gasteiger charge is -2.13. The Labute approximate surface area is 111 Å². The zero-order chi connectivity index (χ0) is 15.3. The number of benzene rings is 1. The Kier molecular flexibility index (Phi) is 4.69. The molecule has 1 aromatic rings. The minimum atomic E-state index is -5.06. The number of carbonyl (C=O) groups is 2. The van der Waals surface area contributed by atoms with Gasteiger partial charge in [-0.05, 0) is 19.1 Å². The molecular weight excluding hydrogens is 279 g/mol. The first-order valence-electron chi connectivity index (χ1n) is 5.28. The van der Waals surface area contributed by atoms with Crippen LogP contribution < -0.4 is 4.74 Å². The summed E-state index contributed by atoms with van der Waals surface area (Å²) in [5.74, 6) is -1.94. The van der Waals surface area contributed by atoms with E-state index in [1.54, 1.807) is 6.07 Å². The number of hydrogen-bond acceptors (Lipinski definition) is 5. The Morgan fingerprint density at radius 3 is 2.55 bits per heavy atom. The number of ether oxygens (including phenoxy) is 2. The Bertz CT molecular complexity index is 575. The summed E-state index contributed by atoms with van der Waals surface area (Å²) in [4.78, 5) is 22.5. The van der Waals surface area contributed by atoms with E-state index in [2.05, 4.69) is 9.47 Å². The van der Waals surface area contributed by atoms with E-state index in [1.807, 2.05) is 0 Å². The molecule has 0 unspecified atom stereocenters. The number of esters is 1. The lowest BCUT2D eigenvalue weighted by atomic mass is 10.0. The number of nitriles is 1. The third kappa shape index (κ3) is 3.71. The van der Waals surface area contributed by atoms with Crippen molar-refractivity contribution in [2.75, 3.05) is 6.61 Å². The Morgan fingerprint density at radius 1 is 1.45 bits per heavy atom. The van der Waals surface area contributed by atoms with E-state index in [0.29, 0.717) is 0 Å². The van der Waals surface area contributed by atoms with Crippen molar-refractivity contribution in [2.24, 2.45) is 0 Å². The fourth-order valence-electron chi connectivity index (χ4n) is 1.40. The summed E-state index contributed by atoms with van der Waals surface area (Å²) in [6, 6.07) is 3.26. The van der Waals surface area contributed by atoms with E-state index < -0.39 is 29.2 Å². The van der Waals surface area contributed by atoms with Crippen LogP contribution in [0.1, 0.15) is 33.2 Å². The molecule has 106 valence electrons. The molecule has 0 fully saturated rings. The third-order valence-corrected chi connectivity index (χ3v) is 2.11. The zero-order valence-corrected chi connectivity index (χ0v) is 10.2. The molecule has 0 aliphatic rings. The second-order valence-corrected chi connectivity index (χ2v) is 3.43. The van der Waals surface area contributed by atoms with Gasteiger partial charge in [-0.3, -0.25) is 4.79 Å². The topological polar surface area (TPSA) is 76.4 Å². The van der Waals surface area contributed by atoms with Crippen LogP contribution in [0.25, 0.3) is 0 Å². The van der Waals surface area contributed by atoms with Crippen molar-refractivity contribution in [2.45, 2.75) is 13.3 Å². The average Bonchev–Trinajstić information content (AvgIpc) is 2.36. The van der Waals surface area contributed by atoms with E-state index in [9.17, 15) is 22.8 Å². The molecule has 0 saturated heterocycles. The fraction of sp³-hybridized carbons (Fsp3) is 0.250. The predicted octanol–water partition coefficient (Wildman–Crippen LogP) is 2.45. The molecule has 0 aromatic heterocycles. The minimum absolute atomic E-state index is 0.0362. The van der Waals surface area contributed by atoms with Gasteiger partial charge in [0, 0.05) is 0 Å². The molecule has 0 spiro atoms. The fourth-order valence-corrected chi connectivity index (χ4v) is 1.40. The highest BCUT2D eigenvalue weighted by Gasteiger charge is 2.33. The molecule has 0 N–H and O–H groups in total. The molecule has 8 heteroatoms. The number of aldehydes is 1. The summed E-state index contributed by atoms with van der Waals surface area (Å²) in [5, 5.41) is 8.73. The van der Waals surface area contributed by atoms with Gasteiger partial charge < -0.3 is 9.47 Å². The number of rotatable bonds is 4. The predicted molar refractivity (Wildman–Crippen MR) is 59.2 cm³/mol. The van der Waals surface area contributed by atoms with E-state index in [-0.39, 0.29) is 18.5 Å². The number of halogens is 3. The minimum Gasteiger partial charge on any atom is -0.462 e. The van der Waals surface area contributed by atoms with Gasteiger partial charge in [-0.1, -0.05) is 0 Å². The van der Waals surface area contributed by atoms with Crippen LogP contribution >= 0.6 is 0 Å². The summed E-state index contributed by atoms with van der Waals surface area (Å²) in [5.41, 5.74) is -1.35. The molecule has 0 saturated carbocycles. The van der Waals surface area contributed by atoms with Gasteiger partial charge in [-0.25, -0.2) is 4.79 Å². The van der Waals surface area contributed by atoms with Crippen LogP contribution in [0.4, 0.5) is 13.2 Å². The first-order valence-corrected chi connectivity index (χ1v) is 5.28. The van der Waals surface area contributed by atoms with Crippen molar-refractivity contribution in [3.63, 3.8) is 0 Å². The monoisotopic (exact) mass is 287 g/mol. The van der Waals surface area contributed by atoms with Crippen LogP contribution in [0.2, 0.25) is 0 Å². The van der Waals surface area contributed by atoms with Gasteiger partial charge in [0.15, 0.2) is 6.29 Å². The molecule has 0 aliphatic carbocycles. The first kappa shape index (κ1) is 15.5. The molecule has 0 aliphatic heterocycles. The summed E-state index contributed by atoms with van der Waals surface area (Å²) in [6.07, 6.45) is -5.02. The summed E-state index contributed by atoms with van der Waals surface area (Å²) in [6.45, 7) is 1.45. The van der Waals surface area contributed by atoms with Gasteiger partial charge in [0.2, 0.25) is 0 Å². The molecule has 1 aromatic carbocycles. The smallest absolute Gasteiger partial charge is 0.462 e. The van der Waals surface area contributed by atoms with Gasteiger partial charge in [-0.15, -0.1) is 13.2 Å². The van der Waals surface area contributed by atoms with Crippen LogP contribution in [0, 0.1) is 11.3 Å². The van der Waals surface area contributed by atoms with Gasteiger partial charge in [0.1, 0.15) is 5.75 Å². The Morgan fingerprint density at radius 2 is 2.10 bits per heavy atom. The molecule has 0 radical (unpaired) electrons. The largest absolute Gasteiger partial charge is 0.573 e. The van der Waals surface area contributed by atoms with Crippen LogP contribution in [0.5, 0.6) is 5.75 Å². The summed E-state index contributed by atoms with van der Waals surface area (Å²) in [7, 11) is 0. The second kappa shape index (κ2) is 6.06. The summed E-state index contributed by atoms with van der Waals surface area (Å²) >= 11 is 0. The highest BCUT2D eigenvalue weighted by Crippen LogP contribution is 2.29. The lowest BCUT2D eigenvalue weighted by Crippen LogP contribution is -2.19. The van der Waals surface area contributed by atoms with Crippen molar-refractivity contribution in [3.8, 4) is 11.8 Å². The lowest BCUT2D eigenvalue weighted by molar-refractivity contribution is -0.274. The Hall–Kier alpha value is -2.56. The number of hydrogen-bond donors (Lipinski definition) is 0. The van der Waals surface area contributed by atoms with E-state index in [0.717, 1.165) is 12.1 Å². The third-order valence-electron chi connectivity index (χ3n) is 2.11. The van der Waals surface area contributed by atoms with Gasteiger partial charge in [-0.2, -0.15) is 5.26 Å². The van der Waals surface area contributed by atoms with Gasteiger partial charge >= 0.3 is 12.3 Å². The first-order chi connectivity index (χ1) is 9.32. The number of alkyl halides is 3. The summed E-state index contributed by atoms with van der Waals surface area (Å²) < 4.78 is 45.0. The average molecular weight is 287 g/mol. The van der Waals surface area contributed by atoms with E-state index >= 15 is 0 Å². The van der Waals surface area contributed by atoms with E-state index in [4.69, 9.17) is 5.26 Å². The molecule has 5 nitrogen and oxygen atoms in total. The molecular formula is C12H8F3NO4. The van der Waals surface area contributed by atoms with E-state index in [1.165, 1.54) is 6.92 Å². The molecule has 0 heterocycles. The van der Waals surface area contributed by atoms with Crippen molar-refractivity contribution in [3.05, 3.63) is 28.8 Å². The van der Waals surface area contributed by atoms with Crippen LogP contribution in [0.15, 0.2) is 12.1 Å². The highest BCUT2D eigenvalue weighted by atomic mass is 19.4. The van der Waals surface area contributed by atoms with Crippen LogP contribution in [-0.2, 0) is 4.74 Å². The van der Waals surface area contributed by atoms with Crippen LogP contribution in [-0.4, -0.2) is 25.2 Å². The SMILES string of the molecule is CCOC(=O)c1cc(C#N)cc(OC(F)(F)F)c1C=O. The van der Waals surface area contributed by atoms with Gasteiger partial charge in [0.25, 0.3) is 0 Å². The molecule has 0 bridgehead atoms.